The minimum Gasteiger partial charge on any atom is -0.450 e. The van der Waals surface area contributed by atoms with Crippen molar-refractivity contribution in [1.82, 2.24) is 5.32 Å². The zero-order valence-electron chi connectivity index (χ0n) is 6.48. The fourth-order valence-electron chi connectivity index (χ4n) is 0.416. The van der Waals surface area contributed by atoms with E-state index in [1.54, 1.807) is 6.92 Å². The first-order valence-corrected chi connectivity index (χ1v) is 3.18. The summed E-state index contributed by atoms with van der Waals surface area (Å²) in [4.78, 5) is 23.5. The maximum Gasteiger partial charge on any atom is 0.413 e. The van der Waals surface area contributed by atoms with Crippen LogP contribution < -0.4 is 5.32 Å². The van der Waals surface area contributed by atoms with E-state index < -0.39 is 18.5 Å². The number of carbonyl (C=O) groups is 2. The molecule has 0 aromatic carbocycles. The third kappa shape index (κ3) is 5.07. The van der Waals surface area contributed by atoms with Crippen LogP contribution >= 0.6 is 0 Å². The van der Waals surface area contributed by atoms with Crippen LogP contribution in [-0.2, 0) is 9.53 Å². The molecule has 0 radical (unpaired) electrons. The maximum atomic E-state index is 10.6. The van der Waals surface area contributed by atoms with Crippen molar-refractivity contribution in [3.8, 4) is 0 Å². The normalized spacial score (nSPS) is 8.08. The van der Waals surface area contributed by atoms with E-state index in [1.807, 2.05) is 5.32 Å². The van der Waals surface area contributed by atoms with Crippen molar-refractivity contribution >= 4 is 12.0 Å². The first-order chi connectivity index (χ1) is 5.70. The number of rotatable bonds is 3. The van der Waals surface area contributed by atoms with Crippen molar-refractivity contribution < 1.29 is 14.3 Å². The minimum absolute atomic E-state index is 0.181. The Morgan fingerprint density at radius 3 is 2.83 bits per heavy atom. The second kappa shape index (κ2) is 5.99. The number of nitrogens with one attached hydrogen (secondary N) is 1. The van der Waals surface area contributed by atoms with Crippen LogP contribution in [0.4, 0.5) is 4.79 Å². The molecule has 0 aliphatic heterocycles. The molecule has 66 valence electrons. The second-order valence-electron chi connectivity index (χ2n) is 1.66. The van der Waals surface area contributed by atoms with Crippen molar-refractivity contribution in [3.05, 3.63) is 10.4 Å². The molecule has 7 nitrogen and oxygen atoms in total. The predicted molar refractivity (Wildman–Crippen MR) is 39.2 cm³/mol. The molecule has 0 aromatic heterocycles. The zero-order valence-corrected chi connectivity index (χ0v) is 6.48. The lowest BCUT2D eigenvalue weighted by Crippen LogP contribution is -2.32. The Hall–Kier alpha value is -1.75. The van der Waals surface area contributed by atoms with Gasteiger partial charge in [-0.1, -0.05) is 5.11 Å². The number of ether oxygens (including phenoxy) is 1. The Morgan fingerprint density at radius 2 is 2.33 bits per heavy atom. The van der Waals surface area contributed by atoms with E-state index in [2.05, 4.69) is 14.8 Å². The Bertz CT molecular complexity index is 221. The Balaban J connectivity index is 3.68. The third-order valence-corrected chi connectivity index (χ3v) is 0.794. The lowest BCUT2D eigenvalue weighted by atomic mass is 10.6. The molecule has 0 heterocycles. The average Bonchev–Trinajstić information content (AvgIpc) is 2.01. The zero-order chi connectivity index (χ0) is 9.40. The van der Waals surface area contributed by atoms with E-state index in [-0.39, 0.29) is 6.61 Å². The number of azide groups is 1. The lowest BCUT2D eigenvalue weighted by Gasteiger charge is -2.00. The van der Waals surface area contributed by atoms with Gasteiger partial charge in [0.1, 0.15) is 6.54 Å². The number of hydrogen-bond donors (Lipinski definition) is 1. The van der Waals surface area contributed by atoms with Crippen molar-refractivity contribution in [2.24, 2.45) is 5.11 Å². The van der Waals surface area contributed by atoms with Gasteiger partial charge in [0.2, 0.25) is 5.91 Å². The number of hydrogen-bond acceptors (Lipinski definition) is 4. The topological polar surface area (TPSA) is 104 Å². The number of carbonyl (C=O) groups excluding carboxylic acids is 2. The molecule has 0 fully saturated rings. The highest BCUT2D eigenvalue weighted by Gasteiger charge is 2.05. The van der Waals surface area contributed by atoms with Gasteiger partial charge in [-0.05, 0) is 12.5 Å². The summed E-state index contributed by atoms with van der Waals surface area (Å²) in [6.45, 7) is 1.38. The van der Waals surface area contributed by atoms with Gasteiger partial charge >= 0.3 is 6.09 Å². The summed E-state index contributed by atoms with van der Waals surface area (Å²) >= 11 is 0. The van der Waals surface area contributed by atoms with E-state index in [4.69, 9.17) is 5.53 Å². The van der Waals surface area contributed by atoms with Gasteiger partial charge in [0.05, 0.1) is 6.61 Å². The number of imide groups is 1. The summed E-state index contributed by atoms with van der Waals surface area (Å²) < 4.78 is 4.39. The van der Waals surface area contributed by atoms with Crippen LogP contribution in [0.15, 0.2) is 5.11 Å². The van der Waals surface area contributed by atoms with E-state index >= 15 is 0 Å². The van der Waals surface area contributed by atoms with Crippen molar-refractivity contribution in [2.45, 2.75) is 6.92 Å². The van der Waals surface area contributed by atoms with Gasteiger partial charge in [0.25, 0.3) is 0 Å². The van der Waals surface area contributed by atoms with Gasteiger partial charge < -0.3 is 4.74 Å². The van der Waals surface area contributed by atoms with Crippen LogP contribution in [0.5, 0.6) is 0 Å². The Kier molecular flexibility index (Phi) is 5.12. The summed E-state index contributed by atoms with van der Waals surface area (Å²) in [6, 6.07) is 0. The lowest BCUT2D eigenvalue weighted by molar-refractivity contribution is -0.119. The van der Waals surface area contributed by atoms with Gasteiger partial charge in [-0.2, -0.15) is 0 Å². The molecular formula is C5H8N4O3. The highest BCUT2D eigenvalue weighted by Crippen LogP contribution is 1.78. The van der Waals surface area contributed by atoms with Gasteiger partial charge in [0, 0.05) is 4.91 Å². The minimum atomic E-state index is -0.837. The molecule has 7 heteroatoms. The molecule has 0 atom stereocenters. The molecule has 1 N–H and O–H groups in total. The number of alkyl carbamates (subject to hydrolysis) is 1. The average molecular weight is 172 g/mol. The summed E-state index contributed by atoms with van der Waals surface area (Å²) in [5.41, 5.74) is 7.81. The molecule has 0 aromatic rings. The van der Waals surface area contributed by atoms with Crippen LogP contribution in [0.25, 0.3) is 10.4 Å². The maximum absolute atomic E-state index is 10.6. The quantitative estimate of drug-likeness (QED) is 0.382. The third-order valence-electron chi connectivity index (χ3n) is 0.794. The molecule has 0 saturated heterocycles. The molecule has 0 bridgehead atoms. The Labute approximate surface area is 68.3 Å². The van der Waals surface area contributed by atoms with E-state index in [0.29, 0.717) is 0 Å². The fourth-order valence-corrected chi connectivity index (χ4v) is 0.416. The van der Waals surface area contributed by atoms with Crippen LogP contribution in [0, 0.1) is 0 Å². The van der Waals surface area contributed by atoms with Crippen molar-refractivity contribution in [2.75, 3.05) is 13.2 Å². The molecule has 0 aliphatic carbocycles. The van der Waals surface area contributed by atoms with E-state index in [1.165, 1.54) is 0 Å². The smallest absolute Gasteiger partial charge is 0.413 e. The van der Waals surface area contributed by atoms with Gasteiger partial charge in [-0.3, -0.25) is 10.1 Å². The van der Waals surface area contributed by atoms with Gasteiger partial charge in [-0.15, -0.1) is 0 Å². The second-order valence-corrected chi connectivity index (χ2v) is 1.66. The largest absolute Gasteiger partial charge is 0.450 e. The Morgan fingerprint density at radius 1 is 1.67 bits per heavy atom. The number of nitrogens with zero attached hydrogens (tertiary/aromatic N) is 3. The summed E-state index contributed by atoms with van der Waals surface area (Å²) in [7, 11) is 0. The predicted octanol–water partition coefficient (Wildman–Crippen LogP) is 0.569. The fraction of sp³-hybridized carbons (Fsp3) is 0.600. The van der Waals surface area contributed by atoms with Crippen molar-refractivity contribution in [3.63, 3.8) is 0 Å². The summed E-state index contributed by atoms with van der Waals surface area (Å²) in [5.74, 6) is -0.689. The molecule has 0 saturated carbocycles. The molecular weight excluding hydrogens is 164 g/mol. The molecule has 2 amide bonds. The molecule has 0 aliphatic rings. The highest BCUT2D eigenvalue weighted by molar-refractivity contribution is 5.92. The standard InChI is InChI=1S/C5H8N4O3/c1-2-12-5(11)8-4(10)3-7-9-6/h2-3H2,1H3,(H,8,10,11). The van der Waals surface area contributed by atoms with Crippen LogP contribution in [0.2, 0.25) is 0 Å². The van der Waals surface area contributed by atoms with Crippen LogP contribution in [-0.4, -0.2) is 25.2 Å². The van der Waals surface area contributed by atoms with Crippen LogP contribution in [0.1, 0.15) is 6.92 Å². The summed E-state index contributed by atoms with van der Waals surface area (Å²) in [6.07, 6.45) is -0.837. The summed E-state index contributed by atoms with van der Waals surface area (Å²) in [5, 5.41) is 4.80. The van der Waals surface area contributed by atoms with Gasteiger partial charge in [0.15, 0.2) is 0 Å². The first-order valence-electron chi connectivity index (χ1n) is 3.18. The molecule has 12 heavy (non-hydrogen) atoms. The van der Waals surface area contributed by atoms with Gasteiger partial charge in [-0.25, -0.2) is 4.79 Å². The van der Waals surface area contributed by atoms with Crippen molar-refractivity contribution in [1.29, 1.82) is 0 Å². The van der Waals surface area contributed by atoms with E-state index in [0.717, 1.165) is 0 Å². The molecule has 0 rings (SSSR count). The first kappa shape index (κ1) is 10.2. The number of amides is 2. The van der Waals surface area contributed by atoms with Crippen LogP contribution in [0.3, 0.4) is 0 Å². The van der Waals surface area contributed by atoms with E-state index in [9.17, 15) is 9.59 Å². The molecule has 0 spiro atoms. The monoisotopic (exact) mass is 172 g/mol. The highest BCUT2D eigenvalue weighted by atomic mass is 16.5. The molecule has 0 unspecified atom stereocenters. The SMILES string of the molecule is CCOC(=O)NC(=O)CN=[N+]=[N-].